The Labute approximate surface area is 192 Å². The molecule has 0 spiro atoms. The van der Waals surface area contributed by atoms with Crippen molar-refractivity contribution in [3.8, 4) is 0 Å². The van der Waals surface area contributed by atoms with E-state index in [2.05, 4.69) is 9.12 Å². The SMILES string of the molecule is Cc1ccc(S(=O)(=O)N=C2C=C(NS(=O)(=O)c3ccccc3)C(=O)c3ccccc32)c(C)c1. The summed E-state index contributed by atoms with van der Waals surface area (Å²) < 4.78 is 58.0. The van der Waals surface area contributed by atoms with Crippen molar-refractivity contribution >= 4 is 31.5 Å². The smallest absolute Gasteiger partial charge is 0.283 e. The number of carbonyl (C=O) groups is 1. The third-order valence-electron chi connectivity index (χ3n) is 5.10. The first-order valence-corrected chi connectivity index (χ1v) is 12.9. The molecule has 1 N–H and O–H groups in total. The minimum Gasteiger partial charge on any atom is -0.287 e. The highest BCUT2D eigenvalue weighted by Crippen LogP contribution is 2.25. The topological polar surface area (TPSA) is 110 Å². The quantitative estimate of drug-likeness (QED) is 0.601. The summed E-state index contributed by atoms with van der Waals surface area (Å²) in [6, 6.07) is 18.8. The lowest BCUT2D eigenvalue weighted by atomic mass is 9.93. The van der Waals surface area contributed by atoms with E-state index in [-0.39, 0.29) is 26.8 Å². The predicted octanol–water partition coefficient (Wildman–Crippen LogP) is 3.54. The van der Waals surface area contributed by atoms with E-state index in [0.717, 1.165) is 11.6 Å². The van der Waals surface area contributed by atoms with E-state index >= 15 is 0 Å². The molecule has 1 aliphatic carbocycles. The van der Waals surface area contributed by atoms with Gasteiger partial charge in [-0.15, -0.1) is 0 Å². The van der Waals surface area contributed by atoms with Gasteiger partial charge >= 0.3 is 0 Å². The lowest BCUT2D eigenvalue weighted by molar-refractivity contribution is 0.102. The standard InChI is InChI=1S/C24H20N2O5S2/c1-16-12-13-23(17(2)14-16)33(30,31)25-21-15-22(24(27)20-11-7-6-10-19(20)21)26-32(28,29)18-8-4-3-5-9-18/h3-15,26H,1-2H3. The van der Waals surface area contributed by atoms with Crippen LogP contribution in [0.2, 0.25) is 0 Å². The van der Waals surface area contributed by atoms with Crippen LogP contribution in [0.1, 0.15) is 27.0 Å². The molecule has 0 aliphatic heterocycles. The van der Waals surface area contributed by atoms with Gasteiger partial charge in [-0.3, -0.25) is 9.52 Å². The summed E-state index contributed by atoms with van der Waals surface area (Å²) in [5.74, 6) is -0.576. The van der Waals surface area contributed by atoms with Crippen LogP contribution in [0.5, 0.6) is 0 Å². The van der Waals surface area contributed by atoms with Crippen LogP contribution in [-0.4, -0.2) is 28.3 Å². The maximum absolute atomic E-state index is 13.1. The van der Waals surface area contributed by atoms with Gasteiger partial charge in [0.2, 0.25) is 5.78 Å². The minimum atomic E-state index is -4.13. The van der Waals surface area contributed by atoms with Crippen LogP contribution in [0.4, 0.5) is 0 Å². The summed E-state index contributed by atoms with van der Waals surface area (Å²) in [5, 5.41) is 0. The molecular formula is C24H20N2O5S2. The second-order valence-electron chi connectivity index (χ2n) is 7.57. The number of hydrogen-bond donors (Lipinski definition) is 1. The van der Waals surface area contributed by atoms with Crippen molar-refractivity contribution in [1.29, 1.82) is 0 Å². The summed E-state index contributed by atoms with van der Waals surface area (Å²) in [6.07, 6.45) is 1.16. The molecule has 3 aromatic rings. The maximum Gasteiger partial charge on any atom is 0.283 e. The maximum atomic E-state index is 13.1. The van der Waals surface area contributed by atoms with E-state index in [0.29, 0.717) is 11.1 Å². The number of Topliss-reactive ketones (excluding diaryl/α,β-unsaturated/α-hetero) is 1. The number of benzene rings is 3. The molecular weight excluding hydrogens is 460 g/mol. The molecule has 1 aliphatic rings. The van der Waals surface area contributed by atoms with Gasteiger partial charge in [0.15, 0.2) is 0 Å². The van der Waals surface area contributed by atoms with E-state index in [4.69, 9.17) is 0 Å². The average molecular weight is 481 g/mol. The Balaban J connectivity index is 1.84. The second kappa shape index (κ2) is 8.42. The summed E-state index contributed by atoms with van der Waals surface area (Å²) in [7, 11) is -8.20. The number of allylic oxidation sites excluding steroid dienone is 2. The Kier molecular flexibility index (Phi) is 5.77. The first kappa shape index (κ1) is 22.6. The number of nitrogens with zero attached hydrogens (tertiary/aromatic N) is 1. The molecule has 0 amide bonds. The molecule has 0 radical (unpaired) electrons. The number of nitrogens with one attached hydrogen (secondary N) is 1. The molecule has 0 saturated heterocycles. The van der Waals surface area contributed by atoms with Crippen molar-refractivity contribution in [1.82, 2.24) is 4.72 Å². The Morgan fingerprint density at radius 1 is 0.788 bits per heavy atom. The zero-order valence-corrected chi connectivity index (χ0v) is 19.4. The van der Waals surface area contributed by atoms with Crippen LogP contribution in [-0.2, 0) is 20.0 Å². The average Bonchev–Trinajstić information content (AvgIpc) is 2.77. The van der Waals surface area contributed by atoms with Crippen LogP contribution in [0.25, 0.3) is 0 Å². The van der Waals surface area contributed by atoms with Crippen LogP contribution < -0.4 is 4.72 Å². The Morgan fingerprint density at radius 3 is 2.09 bits per heavy atom. The van der Waals surface area contributed by atoms with Gasteiger partial charge < -0.3 is 0 Å². The number of sulfonamides is 2. The zero-order valence-electron chi connectivity index (χ0n) is 17.8. The van der Waals surface area contributed by atoms with Gasteiger partial charge in [0.25, 0.3) is 20.0 Å². The Hall–Kier alpha value is -3.56. The van der Waals surface area contributed by atoms with Crippen LogP contribution in [0.15, 0.2) is 98.8 Å². The van der Waals surface area contributed by atoms with Gasteiger partial charge in [0.05, 0.1) is 21.2 Å². The summed E-state index contributed by atoms with van der Waals surface area (Å²) in [4.78, 5) is 13.0. The minimum absolute atomic E-state index is 0.0288. The molecule has 168 valence electrons. The van der Waals surface area contributed by atoms with Crippen molar-refractivity contribution in [2.24, 2.45) is 4.40 Å². The first-order valence-electron chi connectivity index (χ1n) is 9.94. The van der Waals surface area contributed by atoms with E-state index in [1.807, 2.05) is 6.92 Å². The van der Waals surface area contributed by atoms with E-state index in [9.17, 15) is 21.6 Å². The molecule has 0 unspecified atom stereocenters. The fourth-order valence-corrected chi connectivity index (χ4v) is 5.84. The fourth-order valence-electron chi connectivity index (χ4n) is 3.55. The first-order chi connectivity index (χ1) is 15.6. The number of ketones is 1. The molecule has 33 heavy (non-hydrogen) atoms. The number of rotatable bonds is 5. The number of hydrogen-bond acceptors (Lipinski definition) is 5. The van der Waals surface area contributed by atoms with Crippen molar-refractivity contribution in [2.75, 3.05) is 0 Å². The van der Waals surface area contributed by atoms with E-state index in [1.54, 1.807) is 55.5 Å². The lowest BCUT2D eigenvalue weighted by Crippen LogP contribution is -2.31. The number of carbonyl (C=O) groups excluding carboxylic acids is 1. The van der Waals surface area contributed by atoms with Crippen LogP contribution in [0.3, 0.4) is 0 Å². The van der Waals surface area contributed by atoms with Gasteiger partial charge in [0, 0.05) is 11.1 Å². The summed E-state index contributed by atoms with van der Waals surface area (Å²) >= 11 is 0. The monoisotopic (exact) mass is 480 g/mol. The third-order valence-corrected chi connectivity index (χ3v) is 7.93. The van der Waals surface area contributed by atoms with Crippen molar-refractivity contribution in [2.45, 2.75) is 23.6 Å². The van der Waals surface area contributed by atoms with Crippen LogP contribution >= 0.6 is 0 Å². The van der Waals surface area contributed by atoms with Crippen LogP contribution in [0, 0.1) is 13.8 Å². The molecule has 0 aromatic heterocycles. The predicted molar refractivity (Wildman–Crippen MR) is 125 cm³/mol. The molecule has 0 fully saturated rings. The van der Waals surface area contributed by atoms with Crippen molar-refractivity contribution in [3.05, 3.63) is 107 Å². The fraction of sp³-hybridized carbons (Fsp3) is 0.0833. The Morgan fingerprint density at radius 2 is 1.42 bits per heavy atom. The lowest BCUT2D eigenvalue weighted by Gasteiger charge is -2.19. The highest BCUT2D eigenvalue weighted by molar-refractivity contribution is 7.90. The largest absolute Gasteiger partial charge is 0.287 e. The molecule has 3 aromatic carbocycles. The zero-order chi connectivity index (χ0) is 23.8. The molecule has 0 atom stereocenters. The Bertz CT molecular complexity index is 1540. The molecule has 0 saturated carbocycles. The molecule has 0 heterocycles. The van der Waals surface area contributed by atoms with E-state index < -0.39 is 25.8 Å². The number of aryl methyl sites for hydroxylation is 2. The molecule has 9 heteroatoms. The number of fused-ring (bicyclic) bond motifs is 1. The van der Waals surface area contributed by atoms with Gasteiger partial charge in [-0.25, -0.2) is 8.42 Å². The van der Waals surface area contributed by atoms with Gasteiger partial charge in [-0.2, -0.15) is 12.8 Å². The normalized spacial score (nSPS) is 15.2. The van der Waals surface area contributed by atoms with Gasteiger partial charge in [-0.1, -0.05) is 60.2 Å². The molecule has 7 nitrogen and oxygen atoms in total. The third kappa shape index (κ3) is 4.50. The van der Waals surface area contributed by atoms with Gasteiger partial charge in [-0.05, 0) is 43.7 Å². The van der Waals surface area contributed by atoms with E-state index in [1.165, 1.54) is 24.3 Å². The molecule has 0 bridgehead atoms. The highest BCUT2D eigenvalue weighted by Gasteiger charge is 2.29. The summed E-state index contributed by atoms with van der Waals surface area (Å²) in [5.41, 5.74) is 1.58. The summed E-state index contributed by atoms with van der Waals surface area (Å²) in [6.45, 7) is 3.53. The van der Waals surface area contributed by atoms with Crippen molar-refractivity contribution < 1.29 is 21.6 Å². The highest BCUT2D eigenvalue weighted by atomic mass is 32.2. The van der Waals surface area contributed by atoms with Gasteiger partial charge in [0.1, 0.15) is 0 Å². The second-order valence-corrected chi connectivity index (χ2v) is 10.8. The molecule has 4 rings (SSSR count). The van der Waals surface area contributed by atoms with Crippen molar-refractivity contribution in [3.63, 3.8) is 0 Å².